The van der Waals surface area contributed by atoms with Crippen LogP contribution < -0.4 is 4.90 Å². The van der Waals surface area contributed by atoms with Crippen LogP contribution in [0.5, 0.6) is 0 Å². The Labute approximate surface area is 197 Å². The van der Waals surface area contributed by atoms with Gasteiger partial charge in [0, 0.05) is 37.7 Å². The van der Waals surface area contributed by atoms with Crippen LogP contribution >= 0.6 is 0 Å². The van der Waals surface area contributed by atoms with Gasteiger partial charge in [0.05, 0.1) is 11.0 Å². The Kier molecular flexibility index (Phi) is 7.26. The summed E-state index contributed by atoms with van der Waals surface area (Å²) in [6.07, 6.45) is 4.18. The predicted octanol–water partition coefficient (Wildman–Crippen LogP) is 5.78. The van der Waals surface area contributed by atoms with E-state index in [1.54, 1.807) is 0 Å². The van der Waals surface area contributed by atoms with Gasteiger partial charge in [-0.05, 0) is 49.9 Å². The van der Waals surface area contributed by atoms with Crippen LogP contribution in [-0.4, -0.2) is 47.0 Å². The minimum absolute atomic E-state index is 0.156. The summed E-state index contributed by atoms with van der Waals surface area (Å²) in [7, 11) is 0. The fraction of sp³-hybridized carbons (Fsp3) is 0.464. The first-order chi connectivity index (χ1) is 16.0. The molecule has 1 aliphatic heterocycles. The molecule has 1 atom stereocenters. The van der Waals surface area contributed by atoms with Crippen molar-refractivity contribution in [1.29, 1.82) is 0 Å². The van der Waals surface area contributed by atoms with E-state index in [2.05, 4.69) is 61.8 Å². The Morgan fingerprint density at radius 3 is 2.18 bits per heavy atom. The highest BCUT2D eigenvalue weighted by molar-refractivity contribution is 5.85. The number of carbonyl (C=O) groups is 1. The van der Waals surface area contributed by atoms with Gasteiger partial charge in [-0.15, -0.1) is 0 Å². The van der Waals surface area contributed by atoms with Crippen LogP contribution in [0.15, 0.2) is 42.5 Å². The van der Waals surface area contributed by atoms with E-state index in [-0.39, 0.29) is 5.92 Å². The summed E-state index contributed by atoms with van der Waals surface area (Å²) in [5.74, 6) is 1.40. The first-order valence-electron chi connectivity index (χ1n) is 12.4. The van der Waals surface area contributed by atoms with Crippen LogP contribution in [0.3, 0.4) is 0 Å². The summed E-state index contributed by atoms with van der Waals surface area (Å²) in [5, 5.41) is 0. The zero-order chi connectivity index (χ0) is 23.4. The number of nitrogens with zero attached hydrogens (tertiary/aromatic N) is 4. The van der Waals surface area contributed by atoms with E-state index >= 15 is 0 Å². The first-order valence-corrected chi connectivity index (χ1v) is 12.4. The molecule has 33 heavy (non-hydrogen) atoms. The van der Waals surface area contributed by atoms with Crippen molar-refractivity contribution >= 4 is 22.8 Å². The van der Waals surface area contributed by atoms with Crippen LogP contribution in [0.4, 0.5) is 5.82 Å². The van der Waals surface area contributed by atoms with Crippen molar-refractivity contribution in [2.75, 3.05) is 31.1 Å². The van der Waals surface area contributed by atoms with E-state index in [0.717, 1.165) is 80.0 Å². The number of rotatable bonds is 7. The van der Waals surface area contributed by atoms with Crippen LogP contribution in [-0.2, 0) is 4.79 Å². The number of hydrogen-bond acceptors (Lipinski definition) is 4. The van der Waals surface area contributed by atoms with Gasteiger partial charge in [-0.25, -0.2) is 9.97 Å². The fourth-order valence-electron chi connectivity index (χ4n) is 4.66. The lowest BCUT2D eigenvalue weighted by Crippen LogP contribution is -2.50. The molecule has 0 aliphatic carbocycles. The Morgan fingerprint density at radius 2 is 1.58 bits per heavy atom. The van der Waals surface area contributed by atoms with E-state index in [9.17, 15) is 4.79 Å². The second kappa shape index (κ2) is 10.3. The quantitative estimate of drug-likeness (QED) is 0.464. The van der Waals surface area contributed by atoms with Gasteiger partial charge in [0.25, 0.3) is 0 Å². The van der Waals surface area contributed by atoms with Gasteiger partial charge >= 0.3 is 0 Å². The normalized spacial score (nSPS) is 15.2. The van der Waals surface area contributed by atoms with Crippen molar-refractivity contribution in [2.24, 2.45) is 5.92 Å². The maximum atomic E-state index is 13.1. The lowest BCUT2D eigenvalue weighted by Gasteiger charge is -2.37. The van der Waals surface area contributed by atoms with Crippen molar-refractivity contribution in [1.82, 2.24) is 14.9 Å². The summed E-state index contributed by atoms with van der Waals surface area (Å²) in [6.45, 7) is 11.6. The molecular weight excluding hydrogens is 408 g/mol. The predicted molar refractivity (Wildman–Crippen MR) is 137 cm³/mol. The number of amides is 1. The average Bonchev–Trinajstić information content (AvgIpc) is 2.85. The summed E-state index contributed by atoms with van der Waals surface area (Å²) in [6, 6.07) is 14.6. The van der Waals surface area contributed by atoms with E-state index in [1.807, 2.05) is 18.2 Å². The van der Waals surface area contributed by atoms with Crippen molar-refractivity contribution in [3.05, 3.63) is 53.6 Å². The number of hydrogen-bond donors (Lipinski definition) is 0. The highest BCUT2D eigenvalue weighted by atomic mass is 16.2. The summed E-state index contributed by atoms with van der Waals surface area (Å²) in [4.78, 5) is 27.6. The SMILES string of the molecule is CCCC[C@H](CC)C(=O)N1CCN(c2nc3cc(C)c(C)cc3nc2-c2ccccc2)CC1. The number of unbranched alkanes of at least 4 members (excludes halogenated alkanes) is 1. The Hall–Kier alpha value is -2.95. The Balaban J connectivity index is 1.61. The standard InChI is InChI=1S/C28H36N4O/c1-5-7-11-22(6-2)28(33)32-16-14-31(15-17-32)27-26(23-12-9-8-10-13-23)29-24-18-20(3)21(4)19-25(24)30-27/h8-10,12-13,18-19,22H,5-7,11,14-17H2,1-4H3/t22-/m0/s1. The third-order valence-corrected chi connectivity index (χ3v) is 6.95. The van der Waals surface area contributed by atoms with Crippen molar-refractivity contribution in [2.45, 2.75) is 53.4 Å². The molecule has 1 saturated heterocycles. The first kappa shape index (κ1) is 23.2. The summed E-state index contributed by atoms with van der Waals surface area (Å²) < 4.78 is 0. The molecule has 5 heteroatoms. The third kappa shape index (κ3) is 5.02. The Morgan fingerprint density at radius 1 is 0.939 bits per heavy atom. The number of carbonyl (C=O) groups excluding carboxylic acids is 1. The lowest BCUT2D eigenvalue weighted by atomic mass is 9.97. The molecule has 0 N–H and O–H groups in total. The molecule has 5 nitrogen and oxygen atoms in total. The molecule has 1 aromatic heterocycles. The van der Waals surface area contributed by atoms with E-state index in [1.165, 1.54) is 11.1 Å². The summed E-state index contributed by atoms with van der Waals surface area (Å²) in [5.41, 5.74) is 6.30. The molecule has 1 fully saturated rings. The molecule has 2 aromatic carbocycles. The van der Waals surface area contributed by atoms with Crippen LogP contribution in [0, 0.1) is 19.8 Å². The van der Waals surface area contributed by atoms with Gasteiger partial charge in [0.1, 0.15) is 5.69 Å². The number of fused-ring (bicyclic) bond motifs is 1. The molecule has 0 radical (unpaired) electrons. The lowest BCUT2D eigenvalue weighted by molar-refractivity contribution is -0.136. The number of aromatic nitrogens is 2. The van der Waals surface area contributed by atoms with Gasteiger partial charge in [-0.3, -0.25) is 4.79 Å². The van der Waals surface area contributed by atoms with E-state index < -0.39 is 0 Å². The number of aryl methyl sites for hydroxylation is 2. The number of benzene rings is 2. The van der Waals surface area contributed by atoms with Crippen LogP contribution in [0.2, 0.25) is 0 Å². The van der Waals surface area contributed by atoms with Crippen LogP contribution in [0.25, 0.3) is 22.3 Å². The monoisotopic (exact) mass is 444 g/mol. The highest BCUT2D eigenvalue weighted by Crippen LogP contribution is 2.31. The van der Waals surface area contributed by atoms with Gasteiger partial charge in [-0.1, -0.05) is 57.0 Å². The fourth-order valence-corrected chi connectivity index (χ4v) is 4.66. The van der Waals surface area contributed by atoms with Gasteiger partial charge in [-0.2, -0.15) is 0 Å². The van der Waals surface area contributed by atoms with Crippen molar-refractivity contribution in [3.63, 3.8) is 0 Å². The molecule has 1 amide bonds. The minimum Gasteiger partial charge on any atom is -0.351 e. The van der Waals surface area contributed by atoms with E-state index in [0.29, 0.717) is 5.91 Å². The minimum atomic E-state index is 0.156. The average molecular weight is 445 g/mol. The molecular formula is C28H36N4O. The molecule has 4 rings (SSSR count). The summed E-state index contributed by atoms with van der Waals surface area (Å²) >= 11 is 0. The smallest absolute Gasteiger partial charge is 0.225 e. The van der Waals surface area contributed by atoms with Crippen molar-refractivity contribution in [3.8, 4) is 11.3 Å². The second-order valence-corrected chi connectivity index (χ2v) is 9.25. The van der Waals surface area contributed by atoms with Gasteiger partial charge < -0.3 is 9.80 Å². The third-order valence-electron chi connectivity index (χ3n) is 6.95. The molecule has 0 spiro atoms. The molecule has 2 heterocycles. The largest absolute Gasteiger partial charge is 0.351 e. The second-order valence-electron chi connectivity index (χ2n) is 9.25. The molecule has 1 aliphatic rings. The number of piperazine rings is 1. The topological polar surface area (TPSA) is 49.3 Å². The molecule has 0 saturated carbocycles. The molecule has 0 unspecified atom stereocenters. The zero-order valence-electron chi connectivity index (χ0n) is 20.5. The molecule has 3 aromatic rings. The van der Waals surface area contributed by atoms with Crippen molar-refractivity contribution < 1.29 is 4.79 Å². The van der Waals surface area contributed by atoms with E-state index in [4.69, 9.17) is 9.97 Å². The van der Waals surface area contributed by atoms with Crippen LogP contribution in [0.1, 0.15) is 50.7 Å². The van der Waals surface area contributed by atoms with Gasteiger partial charge in [0.2, 0.25) is 5.91 Å². The number of anilines is 1. The zero-order valence-corrected chi connectivity index (χ0v) is 20.5. The molecule has 0 bridgehead atoms. The Bertz CT molecular complexity index is 1100. The van der Waals surface area contributed by atoms with Gasteiger partial charge in [0.15, 0.2) is 5.82 Å². The maximum Gasteiger partial charge on any atom is 0.225 e. The highest BCUT2D eigenvalue weighted by Gasteiger charge is 2.28. The molecule has 174 valence electrons. The maximum absolute atomic E-state index is 13.1.